The summed E-state index contributed by atoms with van der Waals surface area (Å²) in [5.74, 6) is -0.103. The number of ether oxygens (including phenoxy) is 1. The molecule has 0 fully saturated rings. The molecule has 1 rings (SSSR count). The topological polar surface area (TPSA) is 68.3 Å². The Balaban J connectivity index is 2.81. The van der Waals surface area contributed by atoms with Crippen LogP contribution in [0.2, 0.25) is 0 Å². The number of carbonyl (C=O) groups excluding carboxylic acids is 2. The molecule has 112 valence electrons. The summed E-state index contributed by atoms with van der Waals surface area (Å²) >= 11 is 1.20. The van der Waals surface area contributed by atoms with Crippen LogP contribution in [0.1, 0.15) is 60.7 Å². The first-order valence-electron chi connectivity index (χ1n) is 6.71. The van der Waals surface area contributed by atoms with E-state index in [1.165, 1.54) is 25.4 Å². The minimum atomic E-state index is -0.575. The molecule has 1 aromatic rings. The molecule has 0 radical (unpaired) electrons. The van der Waals surface area contributed by atoms with E-state index in [-0.39, 0.29) is 17.5 Å². The van der Waals surface area contributed by atoms with Crippen molar-refractivity contribution in [2.24, 2.45) is 5.92 Å². The van der Waals surface area contributed by atoms with Gasteiger partial charge in [0.05, 0.1) is 7.11 Å². The molecule has 0 aliphatic heterocycles. The van der Waals surface area contributed by atoms with Crippen molar-refractivity contribution in [1.82, 2.24) is 4.98 Å². The van der Waals surface area contributed by atoms with Crippen molar-refractivity contribution >= 4 is 28.2 Å². The second-order valence-corrected chi connectivity index (χ2v) is 6.26. The van der Waals surface area contributed by atoms with Gasteiger partial charge in [0.15, 0.2) is 16.6 Å². The zero-order valence-corrected chi connectivity index (χ0v) is 13.5. The maximum absolute atomic E-state index is 11.6. The zero-order chi connectivity index (χ0) is 15.3. The van der Waals surface area contributed by atoms with Crippen molar-refractivity contribution in [1.29, 1.82) is 0 Å². The summed E-state index contributed by atoms with van der Waals surface area (Å²) in [7, 11) is 1.28. The standard InChI is InChI=1S/C14H22N2O3S/c1-8(2)6-7-9(3)15-14-16-11(13(18)19-5)12(20-14)10(4)17/h8-9H,6-7H2,1-5H3,(H,15,16). The highest BCUT2D eigenvalue weighted by Crippen LogP contribution is 2.25. The van der Waals surface area contributed by atoms with Gasteiger partial charge < -0.3 is 10.1 Å². The number of nitrogens with zero attached hydrogens (tertiary/aromatic N) is 1. The Kier molecular flexibility index (Phi) is 6.13. The summed E-state index contributed by atoms with van der Waals surface area (Å²) in [6.45, 7) is 7.85. The third-order valence-corrected chi connectivity index (χ3v) is 3.96. The summed E-state index contributed by atoms with van der Waals surface area (Å²) < 4.78 is 4.65. The van der Waals surface area contributed by atoms with Crippen LogP contribution in [0.25, 0.3) is 0 Å². The van der Waals surface area contributed by atoms with E-state index >= 15 is 0 Å². The van der Waals surface area contributed by atoms with Crippen LogP contribution in [0.4, 0.5) is 5.13 Å². The number of carbonyl (C=O) groups is 2. The molecule has 1 aromatic heterocycles. The molecule has 5 nitrogen and oxygen atoms in total. The van der Waals surface area contributed by atoms with E-state index in [2.05, 4.69) is 35.8 Å². The van der Waals surface area contributed by atoms with Gasteiger partial charge in [-0.25, -0.2) is 9.78 Å². The Hall–Kier alpha value is -1.43. The van der Waals surface area contributed by atoms with Crippen molar-refractivity contribution in [2.75, 3.05) is 12.4 Å². The Bertz CT molecular complexity index is 483. The van der Waals surface area contributed by atoms with Gasteiger partial charge in [0.1, 0.15) is 4.88 Å². The molecule has 1 N–H and O–H groups in total. The van der Waals surface area contributed by atoms with E-state index in [0.717, 1.165) is 12.8 Å². The van der Waals surface area contributed by atoms with Crippen molar-refractivity contribution in [3.63, 3.8) is 0 Å². The fourth-order valence-electron chi connectivity index (χ4n) is 1.72. The second kappa shape index (κ2) is 7.38. The largest absolute Gasteiger partial charge is 0.464 e. The highest BCUT2D eigenvalue weighted by atomic mass is 32.1. The predicted octanol–water partition coefficient (Wildman–Crippen LogP) is 3.37. The van der Waals surface area contributed by atoms with Gasteiger partial charge in [0.2, 0.25) is 0 Å². The predicted molar refractivity (Wildman–Crippen MR) is 80.6 cm³/mol. The third-order valence-electron chi connectivity index (χ3n) is 2.87. The monoisotopic (exact) mass is 298 g/mol. The van der Waals surface area contributed by atoms with Crippen LogP contribution in [0, 0.1) is 5.92 Å². The second-order valence-electron chi connectivity index (χ2n) is 5.26. The lowest BCUT2D eigenvalue weighted by molar-refractivity contribution is 0.0591. The van der Waals surface area contributed by atoms with Gasteiger partial charge in [0, 0.05) is 13.0 Å². The van der Waals surface area contributed by atoms with Crippen LogP contribution >= 0.6 is 11.3 Å². The van der Waals surface area contributed by atoms with Crippen LogP contribution in [0.3, 0.4) is 0 Å². The van der Waals surface area contributed by atoms with E-state index in [9.17, 15) is 9.59 Å². The van der Waals surface area contributed by atoms with E-state index in [1.807, 2.05) is 0 Å². The van der Waals surface area contributed by atoms with Gasteiger partial charge in [-0.3, -0.25) is 4.79 Å². The number of esters is 1. The lowest BCUT2D eigenvalue weighted by Crippen LogP contribution is -2.16. The van der Waals surface area contributed by atoms with Crippen molar-refractivity contribution < 1.29 is 14.3 Å². The van der Waals surface area contributed by atoms with Gasteiger partial charge in [-0.05, 0) is 25.7 Å². The Morgan fingerprint density at radius 1 is 1.30 bits per heavy atom. The highest BCUT2D eigenvalue weighted by Gasteiger charge is 2.22. The minimum absolute atomic E-state index is 0.101. The number of aromatic nitrogens is 1. The van der Waals surface area contributed by atoms with E-state index in [4.69, 9.17) is 0 Å². The Morgan fingerprint density at radius 3 is 2.45 bits per heavy atom. The van der Waals surface area contributed by atoms with Gasteiger partial charge >= 0.3 is 5.97 Å². The zero-order valence-electron chi connectivity index (χ0n) is 12.6. The molecule has 20 heavy (non-hydrogen) atoms. The summed E-state index contributed by atoms with van der Waals surface area (Å²) in [4.78, 5) is 27.7. The molecule has 0 spiro atoms. The average Bonchev–Trinajstić information content (AvgIpc) is 2.79. The van der Waals surface area contributed by atoms with Crippen LogP contribution in [0.15, 0.2) is 0 Å². The average molecular weight is 298 g/mol. The lowest BCUT2D eigenvalue weighted by atomic mass is 10.0. The molecular formula is C14H22N2O3S. The van der Waals surface area contributed by atoms with E-state index < -0.39 is 5.97 Å². The highest BCUT2D eigenvalue weighted by molar-refractivity contribution is 7.17. The van der Waals surface area contributed by atoms with Gasteiger partial charge in [-0.15, -0.1) is 0 Å². The number of Topliss-reactive ketones (excluding diaryl/α,β-unsaturated/α-hetero) is 1. The molecule has 0 aliphatic carbocycles. The van der Waals surface area contributed by atoms with Crippen molar-refractivity contribution in [3.05, 3.63) is 10.6 Å². The molecule has 0 amide bonds. The minimum Gasteiger partial charge on any atom is -0.464 e. The normalized spacial score (nSPS) is 12.3. The molecule has 0 aromatic carbocycles. The summed E-state index contributed by atoms with van der Waals surface area (Å²) in [6, 6.07) is 0.244. The van der Waals surface area contributed by atoms with Crippen LogP contribution in [-0.4, -0.2) is 29.9 Å². The first kappa shape index (κ1) is 16.6. The quantitative estimate of drug-likeness (QED) is 0.617. The summed E-state index contributed by atoms with van der Waals surface area (Å²) in [6.07, 6.45) is 2.13. The number of methoxy groups -OCH3 is 1. The number of rotatable bonds is 7. The third kappa shape index (κ3) is 4.59. The number of ketones is 1. The van der Waals surface area contributed by atoms with Crippen LogP contribution < -0.4 is 5.32 Å². The van der Waals surface area contributed by atoms with Crippen LogP contribution in [0.5, 0.6) is 0 Å². The van der Waals surface area contributed by atoms with E-state index in [0.29, 0.717) is 15.9 Å². The molecule has 0 bridgehead atoms. The number of thiazole rings is 1. The molecule has 1 unspecified atom stereocenters. The smallest absolute Gasteiger partial charge is 0.358 e. The molecule has 0 aliphatic rings. The fourth-order valence-corrected chi connectivity index (χ4v) is 2.68. The number of anilines is 1. The molecule has 6 heteroatoms. The molecule has 1 heterocycles. The molecule has 1 atom stereocenters. The first-order valence-corrected chi connectivity index (χ1v) is 7.53. The van der Waals surface area contributed by atoms with E-state index in [1.54, 1.807) is 0 Å². The molecular weight excluding hydrogens is 276 g/mol. The van der Waals surface area contributed by atoms with Gasteiger partial charge in [-0.2, -0.15) is 0 Å². The summed E-state index contributed by atoms with van der Waals surface area (Å²) in [5.41, 5.74) is 0.101. The lowest BCUT2D eigenvalue weighted by Gasteiger charge is -2.13. The number of hydrogen-bond acceptors (Lipinski definition) is 6. The SMILES string of the molecule is COC(=O)c1nc(NC(C)CCC(C)C)sc1C(C)=O. The Morgan fingerprint density at radius 2 is 1.95 bits per heavy atom. The number of hydrogen-bond donors (Lipinski definition) is 1. The van der Waals surface area contributed by atoms with Crippen molar-refractivity contribution in [3.8, 4) is 0 Å². The number of nitrogens with one attached hydrogen (secondary N) is 1. The maximum atomic E-state index is 11.6. The fraction of sp³-hybridized carbons (Fsp3) is 0.643. The molecule has 0 saturated heterocycles. The van der Waals surface area contributed by atoms with Gasteiger partial charge in [0.25, 0.3) is 0 Å². The van der Waals surface area contributed by atoms with Crippen LogP contribution in [-0.2, 0) is 4.74 Å². The maximum Gasteiger partial charge on any atom is 0.358 e. The molecule has 0 saturated carbocycles. The van der Waals surface area contributed by atoms with Crippen molar-refractivity contribution in [2.45, 2.75) is 46.6 Å². The first-order chi connectivity index (χ1) is 9.35. The van der Waals surface area contributed by atoms with Gasteiger partial charge in [-0.1, -0.05) is 25.2 Å². The summed E-state index contributed by atoms with van der Waals surface area (Å²) in [5, 5.41) is 3.83. The Labute approximate surface area is 123 Å².